The largest absolute Gasteiger partial charge is 0.335 e. The number of thiophene rings is 1. The van der Waals surface area contributed by atoms with Gasteiger partial charge in [0.25, 0.3) is 5.91 Å². The molecule has 0 bridgehead atoms. The number of anilines is 1. The summed E-state index contributed by atoms with van der Waals surface area (Å²) < 4.78 is 0. The quantitative estimate of drug-likeness (QED) is 0.705. The number of hydrogen-bond donors (Lipinski definition) is 2. The molecule has 0 saturated carbocycles. The van der Waals surface area contributed by atoms with Crippen LogP contribution < -0.4 is 15.1 Å². The fourth-order valence-electron chi connectivity index (χ4n) is 4.32. The van der Waals surface area contributed by atoms with Gasteiger partial charge in [-0.05, 0) is 30.5 Å². The summed E-state index contributed by atoms with van der Waals surface area (Å²) in [5.74, 6) is 0.503. The van der Waals surface area contributed by atoms with E-state index in [0.29, 0.717) is 18.0 Å². The van der Waals surface area contributed by atoms with E-state index in [-0.39, 0.29) is 17.9 Å². The van der Waals surface area contributed by atoms with E-state index in [4.69, 9.17) is 0 Å². The number of amides is 2. The highest BCUT2D eigenvalue weighted by Gasteiger charge is 2.42. The molecule has 3 heterocycles. The van der Waals surface area contributed by atoms with Gasteiger partial charge in [0.15, 0.2) is 6.04 Å². The number of nitrogens with two attached hydrogens (primary N) is 1. The Bertz CT molecular complexity index is 811. The first-order chi connectivity index (χ1) is 13.6. The van der Waals surface area contributed by atoms with Gasteiger partial charge in [0.2, 0.25) is 5.91 Å². The van der Waals surface area contributed by atoms with Crippen LogP contribution >= 0.6 is 11.3 Å². The van der Waals surface area contributed by atoms with Crippen LogP contribution in [0.3, 0.4) is 0 Å². The maximum Gasteiger partial charge on any atom is 0.292 e. The lowest BCUT2D eigenvalue weighted by Crippen LogP contribution is -3.12. The van der Waals surface area contributed by atoms with Crippen LogP contribution in [-0.2, 0) is 16.1 Å². The van der Waals surface area contributed by atoms with E-state index in [0.717, 1.165) is 18.7 Å². The molecule has 0 unspecified atom stereocenters. The van der Waals surface area contributed by atoms with E-state index in [1.165, 1.54) is 35.7 Å². The number of quaternary nitrogens is 2. The van der Waals surface area contributed by atoms with Crippen molar-refractivity contribution in [1.82, 2.24) is 0 Å². The van der Waals surface area contributed by atoms with Crippen molar-refractivity contribution in [1.29, 1.82) is 0 Å². The molecule has 1 atom stereocenters. The number of rotatable bonds is 6. The van der Waals surface area contributed by atoms with Gasteiger partial charge in [0.1, 0.15) is 6.54 Å². The molecule has 6 heteroatoms. The minimum Gasteiger partial charge on any atom is -0.335 e. The van der Waals surface area contributed by atoms with Crippen molar-refractivity contribution < 1.29 is 19.8 Å². The molecule has 0 radical (unpaired) electrons. The lowest BCUT2D eigenvalue weighted by atomic mass is 9.96. The third-order valence-electron chi connectivity index (χ3n) is 6.04. The lowest BCUT2D eigenvalue weighted by Gasteiger charge is -2.28. The van der Waals surface area contributed by atoms with Gasteiger partial charge >= 0.3 is 0 Å². The molecule has 2 amide bonds. The Morgan fingerprint density at radius 2 is 1.89 bits per heavy atom. The highest BCUT2D eigenvalue weighted by atomic mass is 32.1. The Morgan fingerprint density at radius 1 is 1.14 bits per heavy atom. The van der Waals surface area contributed by atoms with Crippen LogP contribution in [0.2, 0.25) is 0 Å². The van der Waals surface area contributed by atoms with Gasteiger partial charge in [-0.3, -0.25) is 9.59 Å². The minimum atomic E-state index is -0.259. The van der Waals surface area contributed by atoms with Crippen molar-refractivity contribution in [2.75, 3.05) is 24.5 Å². The number of carbonyl (C=O) groups excluding carboxylic acids is 2. The van der Waals surface area contributed by atoms with Crippen molar-refractivity contribution in [3.63, 3.8) is 0 Å². The number of carbonyl (C=O) groups is 2. The number of nitrogens with one attached hydrogen (secondary N) is 1. The smallest absolute Gasteiger partial charge is 0.292 e. The van der Waals surface area contributed by atoms with Crippen LogP contribution in [0, 0.1) is 12.8 Å². The van der Waals surface area contributed by atoms with Crippen LogP contribution in [0.25, 0.3) is 0 Å². The van der Waals surface area contributed by atoms with Crippen LogP contribution in [0.5, 0.6) is 0 Å². The first-order valence-corrected chi connectivity index (χ1v) is 11.1. The summed E-state index contributed by atoms with van der Waals surface area (Å²) in [7, 11) is 0. The molecule has 4 rings (SSSR count). The second-order valence-corrected chi connectivity index (χ2v) is 9.17. The third-order valence-corrected chi connectivity index (χ3v) is 6.92. The molecule has 2 fully saturated rings. The third kappa shape index (κ3) is 4.35. The fraction of sp³-hybridized carbons (Fsp3) is 0.455. The van der Waals surface area contributed by atoms with Crippen molar-refractivity contribution in [2.45, 2.75) is 38.8 Å². The van der Waals surface area contributed by atoms with Gasteiger partial charge in [-0.15, -0.1) is 11.3 Å². The van der Waals surface area contributed by atoms with Gasteiger partial charge in [-0.25, -0.2) is 4.90 Å². The average Bonchev–Trinajstić information content (AvgIpc) is 3.30. The van der Waals surface area contributed by atoms with Crippen molar-refractivity contribution in [2.24, 2.45) is 5.92 Å². The van der Waals surface area contributed by atoms with Gasteiger partial charge in [-0.1, -0.05) is 23.8 Å². The van der Waals surface area contributed by atoms with E-state index >= 15 is 0 Å². The Labute approximate surface area is 170 Å². The van der Waals surface area contributed by atoms with Crippen LogP contribution in [0.15, 0.2) is 41.8 Å². The zero-order valence-electron chi connectivity index (χ0n) is 16.4. The minimum absolute atomic E-state index is 0.0605. The number of nitrogens with zero attached hydrogens (tertiary/aromatic N) is 1. The maximum absolute atomic E-state index is 12.8. The number of benzene rings is 1. The summed E-state index contributed by atoms with van der Waals surface area (Å²) in [6, 6.07) is 11.7. The highest BCUT2D eigenvalue weighted by molar-refractivity contribution is 7.09. The van der Waals surface area contributed by atoms with Crippen molar-refractivity contribution in [3.05, 3.63) is 52.2 Å². The van der Waals surface area contributed by atoms with Crippen molar-refractivity contribution in [3.8, 4) is 0 Å². The summed E-state index contributed by atoms with van der Waals surface area (Å²) in [4.78, 5) is 29.7. The molecule has 0 spiro atoms. The molecular formula is C22H29N3O2S+2. The summed E-state index contributed by atoms with van der Waals surface area (Å²) in [5.41, 5.74) is 1.82. The average molecular weight is 400 g/mol. The first-order valence-electron chi connectivity index (χ1n) is 10.2. The summed E-state index contributed by atoms with van der Waals surface area (Å²) >= 11 is 1.84. The van der Waals surface area contributed by atoms with Gasteiger partial charge < -0.3 is 10.2 Å². The van der Waals surface area contributed by atoms with Crippen molar-refractivity contribution >= 4 is 28.8 Å². The standard InChI is InChI=1S/C22H27N3O2S/c1-16-4-6-18(7-5-16)25-21(26)13-20(22(25)27)23-14-17-8-10-24(11-9-17)15-19-3-2-12-28-19/h2-7,12,17,20,23H,8-11,13-15H2,1H3/p+2/t20-/m0/s1. The maximum atomic E-state index is 12.8. The second-order valence-electron chi connectivity index (χ2n) is 8.13. The molecule has 2 aromatic rings. The Hall–Kier alpha value is -2.02. The fourth-order valence-corrected chi connectivity index (χ4v) is 5.10. The van der Waals surface area contributed by atoms with E-state index < -0.39 is 0 Å². The second kappa shape index (κ2) is 8.55. The first kappa shape index (κ1) is 19.3. The highest BCUT2D eigenvalue weighted by Crippen LogP contribution is 2.22. The lowest BCUT2D eigenvalue weighted by molar-refractivity contribution is -0.920. The zero-order chi connectivity index (χ0) is 19.5. The number of likely N-dealkylation sites (tertiary alicyclic amines) is 1. The number of imide groups is 1. The number of aryl methyl sites for hydroxylation is 1. The monoisotopic (exact) mass is 399 g/mol. The molecule has 28 heavy (non-hydrogen) atoms. The van der Waals surface area contributed by atoms with Crippen LogP contribution in [0.4, 0.5) is 5.69 Å². The van der Waals surface area contributed by atoms with E-state index in [1.807, 2.05) is 42.5 Å². The molecule has 2 saturated heterocycles. The molecule has 1 aromatic carbocycles. The molecule has 1 aromatic heterocycles. The number of hydrogen-bond acceptors (Lipinski definition) is 3. The van der Waals surface area contributed by atoms with Crippen LogP contribution in [-0.4, -0.2) is 37.5 Å². The Morgan fingerprint density at radius 3 is 2.57 bits per heavy atom. The SMILES string of the molecule is Cc1ccc(N2C(=O)C[C@H]([NH2+]CC3CC[NH+](Cc4cccs4)CC3)C2=O)cc1. The summed E-state index contributed by atoms with van der Waals surface area (Å²) in [5, 5.41) is 4.26. The zero-order valence-corrected chi connectivity index (χ0v) is 17.2. The van der Waals surface area contributed by atoms with E-state index in [9.17, 15) is 9.59 Å². The normalized spacial score (nSPS) is 25.5. The molecule has 2 aliphatic heterocycles. The topological polar surface area (TPSA) is 58.4 Å². The molecule has 0 aliphatic carbocycles. The van der Waals surface area contributed by atoms with E-state index in [2.05, 4.69) is 22.8 Å². The predicted octanol–water partition coefficient (Wildman–Crippen LogP) is 0.747. The molecule has 148 valence electrons. The molecule has 3 N–H and O–H groups in total. The van der Waals surface area contributed by atoms with Gasteiger partial charge in [-0.2, -0.15) is 0 Å². The van der Waals surface area contributed by atoms with Crippen LogP contribution in [0.1, 0.15) is 29.7 Å². The predicted molar refractivity (Wildman–Crippen MR) is 110 cm³/mol. The summed E-state index contributed by atoms with van der Waals surface area (Å²) in [6.07, 6.45) is 2.72. The summed E-state index contributed by atoms with van der Waals surface area (Å²) in [6.45, 7) is 6.47. The Kier molecular flexibility index (Phi) is 5.90. The van der Waals surface area contributed by atoms with Gasteiger partial charge in [0, 0.05) is 18.8 Å². The Balaban J connectivity index is 1.26. The molecule has 5 nitrogen and oxygen atoms in total. The molecular weight excluding hydrogens is 370 g/mol. The van der Waals surface area contributed by atoms with E-state index in [1.54, 1.807) is 4.90 Å². The number of piperidine rings is 1. The molecule has 2 aliphatic rings. The van der Waals surface area contributed by atoms with Gasteiger partial charge in [0.05, 0.1) is 36.6 Å².